The Morgan fingerprint density at radius 3 is 2.60 bits per heavy atom. The van der Waals surface area contributed by atoms with Crippen LogP contribution in [0.4, 0.5) is 10.1 Å². The van der Waals surface area contributed by atoms with E-state index in [0.717, 1.165) is 5.56 Å². The molecule has 0 fully saturated rings. The van der Waals surface area contributed by atoms with E-state index in [0.29, 0.717) is 16.5 Å². The van der Waals surface area contributed by atoms with Crippen molar-refractivity contribution in [2.75, 3.05) is 5.32 Å². The zero-order valence-corrected chi connectivity index (χ0v) is 13.8. The maximum Gasteiger partial charge on any atom is 0.272 e. The summed E-state index contributed by atoms with van der Waals surface area (Å²) in [7, 11) is 0. The molecule has 0 saturated carbocycles. The number of hydrogen-bond acceptors (Lipinski definition) is 2. The number of pyridine rings is 1. The minimum atomic E-state index is -0.460. The molecule has 0 aliphatic rings. The molecule has 25 heavy (non-hydrogen) atoms. The van der Waals surface area contributed by atoms with Crippen molar-refractivity contribution in [2.45, 2.75) is 13.5 Å². The van der Waals surface area contributed by atoms with Gasteiger partial charge in [-0.15, -0.1) is 6.58 Å². The highest BCUT2D eigenvalue weighted by molar-refractivity contribution is 6.05. The van der Waals surface area contributed by atoms with Crippen LogP contribution in [0.25, 0.3) is 10.8 Å². The first-order valence-corrected chi connectivity index (χ1v) is 7.81. The van der Waals surface area contributed by atoms with Gasteiger partial charge in [0.1, 0.15) is 11.5 Å². The fraction of sp³-hybridized carbons (Fsp3) is 0.100. The summed E-state index contributed by atoms with van der Waals surface area (Å²) in [6.07, 6.45) is 1.54. The van der Waals surface area contributed by atoms with Crippen LogP contribution < -0.4 is 10.9 Å². The van der Waals surface area contributed by atoms with Crippen molar-refractivity contribution in [2.24, 2.45) is 0 Å². The van der Waals surface area contributed by atoms with Crippen molar-refractivity contribution in [3.63, 3.8) is 0 Å². The number of nitrogens with one attached hydrogen (secondary N) is 1. The van der Waals surface area contributed by atoms with Crippen molar-refractivity contribution in [3.8, 4) is 0 Å². The van der Waals surface area contributed by atoms with E-state index in [4.69, 9.17) is 0 Å². The topological polar surface area (TPSA) is 51.1 Å². The number of amides is 1. The Labute approximate surface area is 144 Å². The first kappa shape index (κ1) is 16.6. The van der Waals surface area contributed by atoms with Crippen LogP contribution in [-0.2, 0) is 6.54 Å². The van der Waals surface area contributed by atoms with Gasteiger partial charge in [0, 0.05) is 17.6 Å². The molecule has 4 nitrogen and oxygen atoms in total. The van der Waals surface area contributed by atoms with Gasteiger partial charge < -0.3 is 5.32 Å². The quantitative estimate of drug-likeness (QED) is 0.735. The fourth-order valence-electron chi connectivity index (χ4n) is 2.66. The Morgan fingerprint density at radius 1 is 1.20 bits per heavy atom. The molecule has 0 radical (unpaired) electrons. The zero-order chi connectivity index (χ0) is 18.0. The number of rotatable bonds is 4. The molecule has 1 amide bonds. The van der Waals surface area contributed by atoms with E-state index in [-0.39, 0.29) is 17.8 Å². The number of fused-ring (bicyclic) bond motifs is 1. The largest absolute Gasteiger partial charge is 0.321 e. The number of allylic oxidation sites excluding steroid dienone is 1. The molecule has 3 rings (SSSR count). The molecule has 0 atom stereocenters. The van der Waals surface area contributed by atoms with E-state index in [2.05, 4.69) is 11.9 Å². The van der Waals surface area contributed by atoms with E-state index >= 15 is 0 Å². The zero-order valence-electron chi connectivity index (χ0n) is 13.8. The summed E-state index contributed by atoms with van der Waals surface area (Å²) in [4.78, 5) is 25.3. The molecule has 3 aromatic rings. The van der Waals surface area contributed by atoms with Gasteiger partial charge in [0.2, 0.25) is 0 Å². The molecule has 2 aromatic carbocycles. The number of nitrogens with zero attached hydrogens (tertiary/aromatic N) is 1. The van der Waals surface area contributed by atoms with Gasteiger partial charge in [0.15, 0.2) is 0 Å². The van der Waals surface area contributed by atoms with Crippen LogP contribution in [0.1, 0.15) is 16.1 Å². The number of aryl methyl sites for hydroxylation is 1. The van der Waals surface area contributed by atoms with Gasteiger partial charge in [-0.05, 0) is 48.7 Å². The van der Waals surface area contributed by atoms with Gasteiger partial charge in [0.05, 0.1) is 0 Å². The summed E-state index contributed by atoms with van der Waals surface area (Å²) in [5, 5.41) is 3.51. The summed E-state index contributed by atoms with van der Waals surface area (Å²) in [6.45, 7) is 5.77. The molecule has 0 aliphatic carbocycles. The Bertz CT molecular complexity index is 1020. The van der Waals surface area contributed by atoms with E-state index in [1.54, 1.807) is 18.2 Å². The van der Waals surface area contributed by atoms with Crippen LogP contribution in [0.5, 0.6) is 0 Å². The second-order valence-electron chi connectivity index (χ2n) is 5.79. The second kappa shape index (κ2) is 6.73. The highest BCUT2D eigenvalue weighted by atomic mass is 19.1. The molecule has 0 spiro atoms. The predicted molar refractivity (Wildman–Crippen MR) is 97.5 cm³/mol. The van der Waals surface area contributed by atoms with E-state index in [9.17, 15) is 14.0 Å². The molecule has 126 valence electrons. The van der Waals surface area contributed by atoms with Gasteiger partial charge in [-0.25, -0.2) is 4.39 Å². The molecule has 0 bridgehead atoms. The van der Waals surface area contributed by atoms with Crippen molar-refractivity contribution in [1.82, 2.24) is 4.57 Å². The second-order valence-corrected chi connectivity index (χ2v) is 5.79. The van der Waals surface area contributed by atoms with E-state index in [1.807, 2.05) is 19.1 Å². The first-order chi connectivity index (χ1) is 12.0. The number of carbonyl (C=O) groups is 1. The number of halogens is 1. The van der Waals surface area contributed by atoms with Gasteiger partial charge in [0.25, 0.3) is 11.5 Å². The molecular formula is C20H17FN2O2. The monoisotopic (exact) mass is 336 g/mol. The van der Waals surface area contributed by atoms with Crippen LogP contribution >= 0.6 is 0 Å². The highest BCUT2D eigenvalue weighted by Gasteiger charge is 2.15. The maximum atomic E-state index is 13.5. The highest BCUT2D eigenvalue weighted by Crippen LogP contribution is 2.16. The lowest BCUT2D eigenvalue weighted by atomic mass is 10.1. The molecular weight excluding hydrogens is 319 g/mol. The molecule has 5 heteroatoms. The molecule has 0 unspecified atom stereocenters. The Hall–Kier alpha value is -3.21. The third-order valence-electron chi connectivity index (χ3n) is 3.93. The summed E-state index contributed by atoms with van der Waals surface area (Å²) in [6, 6.07) is 12.7. The lowest BCUT2D eigenvalue weighted by Gasteiger charge is -2.13. The summed E-state index contributed by atoms with van der Waals surface area (Å²) in [5.74, 6) is -0.896. The lowest BCUT2D eigenvalue weighted by molar-refractivity contribution is 0.101. The average Bonchev–Trinajstić information content (AvgIpc) is 2.59. The minimum absolute atomic E-state index is 0.156. The average molecular weight is 336 g/mol. The van der Waals surface area contributed by atoms with Crippen LogP contribution in [-0.4, -0.2) is 10.5 Å². The van der Waals surface area contributed by atoms with Crippen LogP contribution in [0.2, 0.25) is 0 Å². The first-order valence-electron chi connectivity index (χ1n) is 7.81. The van der Waals surface area contributed by atoms with Crippen LogP contribution in [0.3, 0.4) is 0 Å². The Morgan fingerprint density at radius 2 is 1.92 bits per heavy atom. The standard InChI is InChI=1S/C20H17FN2O2/c1-3-10-23-18(19(24)22-16-7-4-13(2)5-8-16)12-14-11-15(21)6-9-17(14)20(23)25/h3-9,11-12H,1,10H2,2H3,(H,22,24). The van der Waals surface area contributed by atoms with Gasteiger partial charge in [-0.3, -0.25) is 14.2 Å². The SMILES string of the molecule is C=CCn1c(C(=O)Nc2ccc(C)cc2)cc2cc(F)ccc2c1=O. The number of aromatic nitrogens is 1. The van der Waals surface area contributed by atoms with Gasteiger partial charge in [-0.1, -0.05) is 23.8 Å². The normalized spacial score (nSPS) is 10.6. The third-order valence-corrected chi connectivity index (χ3v) is 3.93. The number of carbonyl (C=O) groups excluding carboxylic acids is 1. The van der Waals surface area contributed by atoms with E-state index < -0.39 is 11.7 Å². The fourth-order valence-corrected chi connectivity index (χ4v) is 2.66. The van der Waals surface area contributed by atoms with E-state index in [1.165, 1.54) is 28.8 Å². The van der Waals surface area contributed by atoms with Gasteiger partial charge >= 0.3 is 0 Å². The number of benzene rings is 2. The van der Waals surface area contributed by atoms with Crippen LogP contribution in [0, 0.1) is 12.7 Å². The van der Waals surface area contributed by atoms with Crippen molar-refractivity contribution in [3.05, 3.63) is 88.6 Å². The smallest absolute Gasteiger partial charge is 0.272 e. The lowest BCUT2D eigenvalue weighted by Crippen LogP contribution is -2.28. The summed E-state index contributed by atoms with van der Waals surface area (Å²) < 4.78 is 14.8. The molecule has 0 saturated heterocycles. The number of anilines is 1. The Kier molecular flexibility index (Phi) is 4.48. The van der Waals surface area contributed by atoms with Crippen LogP contribution in [0.15, 0.2) is 66.0 Å². The van der Waals surface area contributed by atoms with Crippen molar-refractivity contribution < 1.29 is 9.18 Å². The molecule has 1 aromatic heterocycles. The molecule has 1 N–H and O–H groups in total. The van der Waals surface area contributed by atoms with Crippen molar-refractivity contribution in [1.29, 1.82) is 0 Å². The maximum absolute atomic E-state index is 13.5. The number of hydrogen-bond donors (Lipinski definition) is 1. The van der Waals surface area contributed by atoms with Crippen molar-refractivity contribution >= 4 is 22.4 Å². The molecule has 1 heterocycles. The predicted octanol–water partition coefficient (Wildman–Crippen LogP) is 3.89. The third kappa shape index (κ3) is 3.35. The Balaban J connectivity index is 2.10. The summed E-state index contributed by atoms with van der Waals surface area (Å²) in [5.41, 5.74) is 1.49. The summed E-state index contributed by atoms with van der Waals surface area (Å²) >= 11 is 0. The van der Waals surface area contributed by atoms with Gasteiger partial charge in [-0.2, -0.15) is 0 Å². The minimum Gasteiger partial charge on any atom is -0.321 e. The molecule has 0 aliphatic heterocycles.